The number of likely N-dealkylation sites (tertiary alicyclic amines) is 1. The second-order valence-corrected chi connectivity index (χ2v) is 11.4. The number of carbonyl (C=O) groups excluding carboxylic acids is 3. The van der Waals surface area contributed by atoms with Crippen LogP contribution in [0.3, 0.4) is 0 Å². The Balaban J connectivity index is 1.35. The first-order valence-electron chi connectivity index (χ1n) is 14.6. The molecule has 0 aliphatic carbocycles. The minimum absolute atomic E-state index is 0.0332. The van der Waals surface area contributed by atoms with Crippen molar-refractivity contribution in [2.45, 2.75) is 30.6 Å². The Morgan fingerprint density at radius 2 is 1.48 bits per heavy atom. The van der Waals surface area contributed by atoms with E-state index in [1.54, 1.807) is 9.80 Å². The lowest BCUT2D eigenvalue weighted by molar-refractivity contribution is -0.146. The number of anilines is 2. The number of ether oxygens (including phenoxy) is 1. The molecular weight excluding hydrogens is 530 g/mol. The third-order valence-electron chi connectivity index (χ3n) is 9.39. The van der Waals surface area contributed by atoms with Crippen LogP contribution in [0.1, 0.15) is 13.3 Å². The van der Waals surface area contributed by atoms with Crippen LogP contribution in [0, 0.1) is 11.8 Å². The molecule has 1 N–H and O–H groups in total. The lowest BCUT2D eigenvalue weighted by atomic mass is 9.73. The van der Waals surface area contributed by atoms with E-state index >= 15 is 0 Å². The molecule has 3 aromatic carbocycles. The number of aliphatic hydroxyl groups excluding tert-OH is 1. The van der Waals surface area contributed by atoms with E-state index in [2.05, 4.69) is 0 Å². The summed E-state index contributed by atoms with van der Waals surface area (Å²) in [7, 11) is 0. The summed E-state index contributed by atoms with van der Waals surface area (Å²) in [6.45, 7) is 2.25. The zero-order valence-corrected chi connectivity index (χ0v) is 23.4. The van der Waals surface area contributed by atoms with Gasteiger partial charge in [0.05, 0.1) is 24.0 Å². The van der Waals surface area contributed by atoms with Crippen molar-refractivity contribution >= 4 is 39.9 Å². The molecule has 8 nitrogen and oxygen atoms in total. The summed E-state index contributed by atoms with van der Waals surface area (Å²) in [6, 6.07) is 22.2. The highest BCUT2D eigenvalue weighted by Crippen LogP contribution is 2.58. The predicted molar refractivity (Wildman–Crippen MR) is 160 cm³/mol. The summed E-state index contributed by atoms with van der Waals surface area (Å²) in [6.07, 6.45) is 8.04. The molecule has 3 aromatic rings. The number of fused-ring (bicyclic) bond motifs is 3. The molecule has 1 unspecified atom stereocenters. The third-order valence-corrected chi connectivity index (χ3v) is 9.39. The van der Waals surface area contributed by atoms with Crippen molar-refractivity contribution in [3.05, 3.63) is 97.1 Å². The van der Waals surface area contributed by atoms with Gasteiger partial charge in [-0.3, -0.25) is 14.4 Å². The molecule has 0 saturated carbocycles. The number of rotatable bonds is 5. The van der Waals surface area contributed by atoms with E-state index in [1.165, 1.54) is 4.90 Å². The highest BCUT2D eigenvalue weighted by molar-refractivity contribution is 6.08. The van der Waals surface area contributed by atoms with Crippen LogP contribution in [0.2, 0.25) is 0 Å². The molecule has 4 aliphatic heterocycles. The highest BCUT2D eigenvalue weighted by atomic mass is 16.5. The van der Waals surface area contributed by atoms with Gasteiger partial charge in [0.25, 0.3) is 5.91 Å². The van der Waals surface area contributed by atoms with Crippen molar-refractivity contribution in [2.24, 2.45) is 11.8 Å². The van der Waals surface area contributed by atoms with Crippen LogP contribution >= 0.6 is 0 Å². The molecule has 4 heterocycles. The first-order valence-corrected chi connectivity index (χ1v) is 14.6. The molecule has 0 aromatic heterocycles. The van der Waals surface area contributed by atoms with Gasteiger partial charge in [0.1, 0.15) is 11.6 Å². The Hall–Kier alpha value is -4.27. The van der Waals surface area contributed by atoms with E-state index in [9.17, 15) is 19.5 Å². The number of amides is 3. The monoisotopic (exact) mass is 563 g/mol. The fraction of sp³-hybridized carbons (Fsp3) is 0.324. The summed E-state index contributed by atoms with van der Waals surface area (Å²) in [5.41, 5.74) is -0.976. The van der Waals surface area contributed by atoms with Gasteiger partial charge < -0.3 is 24.5 Å². The van der Waals surface area contributed by atoms with Gasteiger partial charge in [-0.15, -0.1) is 0 Å². The number of hydrogen-bond acceptors (Lipinski definition) is 5. The molecule has 7 rings (SSSR count). The summed E-state index contributed by atoms with van der Waals surface area (Å²) >= 11 is 0. The lowest BCUT2D eigenvalue weighted by Crippen LogP contribution is -2.56. The molecule has 8 heteroatoms. The molecule has 4 aliphatic rings. The highest BCUT2D eigenvalue weighted by Gasteiger charge is 2.75. The van der Waals surface area contributed by atoms with Gasteiger partial charge in [0, 0.05) is 31.0 Å². The Morgan fingerprint density at radius 1 is 0.786 bits per heavy atom. The summed E-state index contributed by atoms with van der Waals surface area (Å²) in [5, 5.41) is 12.1. The molecule has 1 spiro atoms. The minimum atomic E-state index is -1.37. The van der Waals surface area contributed by atoms with E-state index in [1.807, 2.05) is 104 Å². The van der Waals surface area contributed by atoms with E-state index in [0.29, 0.717) is 18.7 Å². The Kier molecular flexibility index (Phi) is 6.29. The summed E-state index contributed by atoms with van der Waals surface area (Å²) in [4.78, 5) is 48.2. The van der Waals surface area contributed by atoms with E-state index in [4.69, 9.17) is 4.74 Å². The van der Waals surface area contributed by atoms with Crippen molar-refractivity contribution < 1.29 is 24.2 Å². The van der Waals surface area contributed by atoms with E-state index in [-0.39, 0.29) is 37.4 Å². The summed E-state index contributed by atoms with van der Waals surface area (Å²) in [5.74, 6) is -2.61. The molecule has 0 bridgehead atoms. The average molecular weight is 564 g/mol. The number of carbonyl (C=O) groups is 3. The Labute approximate surface area is 244 Å². The maximum atomic E-state index is 14.6. The molecule has 2 saturated heterocycles. The third kappa shape index (κ3) is 3.71. The molecule has 2 fully saturated rings. The second kappa shape index (κ2) is 9.93. The van der Waals surface area contributed by atoms with Crippen LogP contribution in [0.5, 0.6) is 0 Å². The van der Waals surface area contributed by atoms with Crippen molar-refractivity contribution in [1.82, 2.24) is 4.90 Å². The molecule has 0 radical (unpaired) electrons. The Morgan fingerprint density at radius 3 is 2.21 bits per heavy atom. The largest absolute Gasteiger partial charge is 0.395 e. The minimum Gasteiger partial charge on any atom is -0.395 e. The van der Waals surface area contributed by atoms with Crippen LogP contribution in [-0.2, 0) is 19.1 Å². The first kappa shape index (κ1) is 26.6. The topological polar surface area (TPSA) is 90.4 Å². The zero-order valence-electron chi connectivity index (χ0n) is 23.4. The van der Waals surface area contributed by atoms with Crippen molar-refractivity contribution in [3.8, 4) is 0 Å². The van der Waals surface area contributed by atoms with Gasteiger partial charge in [-0.1, -0.05) is 79.8 Å². The smallest absolute Gasteiger partial charge is 0.253 e. The van der Waals surface area contributed by atoms with Crippen LogP contribution in [0.4, 0.5) is 11.4 Å². The van der Waals surface area contributed by atoms with Gasteiger partial charge in [0.2, 0.25) is 11.8 Å². The van der Waals surface area contributed by atoms with Crippen LogP contribution < -0.4 is 9.80 Å². The SMILES string of the molecule is CC[C@@]12C=CCN(c3ccccc3)C(=O)[C@@H]1[C@H]1C(=O)N(CCO)C3C(=O)N(c4ccc5ccccc5c4)CC=C[C@@]31O2. The number of β-amino-alcohol motifs (C(OH)–C–C–N with tert-alkyl or cyclic N) is 1. The zero-order chi connectivity index (χ0) is 29.1. The molecule has 214 valence electrons. The fourth-order valence-corrected chi connectivity index (χ4v) is 7.52. The van der Waals surface area contributed by atoms with Gasteiger partial charge in [-0.05, 0) is 41.5 Å². The molecular formula is C34H33N3O5. The van der Waals surface area contributed by atoms with Crippen LogP contribution in [0.25, 0.3) is 10.8 Å². The normalized spacial score (nSPS) is 30.4. The number of aliphatic hydroxyl groups is 1. The molecule has 5 atom stereocenters. The van der Waals surface area contributed by atoms with Gasteiger partial charge in [-0.25, -0.2) is 0 Å². The van der Waals surface area contributed by atoms with Gasteiger partial charge in [-0.2, -0.15) is 0 Å². The maximum Gasteiger partial charge on any atom is 0.253 e. The first-order chi connectivity index (χ1) is 20.4. The van der Waals surface area contributed by atoms with E-state index in [0.717, 1.165) is 16.5 Å². The molecule has 42 heavy (non-hydrogen) atoms. The standard InChI is InChI=1S/C34H33N3O5/c1-2-33-16-8-18-35(25-12-4-3-5-13-25)30(39)27(33)28-31(40)37(20-21-38)29-32(41)36(19-9-17-34(28,29)42-33)26-15-14-23-10-6-7-11-24(23)22-26/h3-17,22,27-29,38H,2,18-21H2,1H3/t27-,28-,29?,33+,34-/m0/s1. The van der Waals surface area contributed by atoms with E-state index < -0.39 is 29.1 Å². The number of nitrogens with zero attached hydrogens (tertiary/aromatic N) is 3. The maximum absolute atomic E-state index is 14.6. The van der Waals surface area contributed by atoms with Crippen molar-refractivity contribution in [3.63, 3.8) is 0 Å². The Bertz CT molecular complexity index is 1640. The number of hydrogen-bond donors (Lipinski definition) is 1. The lowest BCUT2D eigenvalue weighted by Gasteiger charge is -2.38. The second-order valence-electron chi connectivity index (χ2n) is 11.4. The number of para-hydroxylation sites is 1. The van der Waals surface area contributed by atoms with Crippen molar-refractivity contribution in [2.75, 3.05) is 36.0 Å². The predicted octanol–water partition coefficient (Wildman–Crippen LogP) is 3.70. The van der Waals surface area contributed by atoms with Gasteiger partial charge in [0.15, 0.2) is 0 Å². The van der Waals surface area contributed by atoms with Crippen LogP contribution in [-0.4, -0.2) is 71.2 Å². The fourth-order valence-electron chi connectivity index (χ4n) is 7.52. The summed E-state index contributed by atoms with van der Waals surface area (Å²) < 4.78 is 6.99. The van der Waals surface area contributed by atoms with Gasteiger partial charge >= 0.3 is 0 Å². The van der Waals surface area contributed by atoms with Crippen LogP contribution in [0.15, 0.2) is 97.1 Å². The number of benzene rings is 3. The quantitative estimate of drug-likeness (QED) is 0.479. The van der Waals surface area contributed by atoms with Crippen molar-refractivity contribution in [1.29, 1.82) is 0 Å². The molecule has 3 amide bonds. The average Bonchev–Trinajstić information content (AvgIpc) is 3.29.